The average Bonchev–Trinajstić information content (AvgIpc) is 2.51. The highest BCUT2D eigenvalue weighted by Gasteiger charge is 2.17. The molecule has 6 nitrogen and oxygen atoms in total. The molecule has 1 heterocycles. The fourth-order valence-corrected chi connectivity index (χ4v) is 3.46. The minimum Gasteiger partial charge on any atom is -0.396 e. The SMILES string of the molecule is O=S(=O)(NCCCC(O)CCO)c1cccc2cccnc12. The predicted octanol–water partition coefficient (Wildman–Crippen LogP) is 1.04. The Balaban J connectivity index is 2.04. The molecule has 0 radical (unpaired) electrons. The van der Waals surface area contributed by atoms with Crippen LogP contribution in [-0.2, 0) is 10.0 Å². The van der Waals surface area contributed by atoms with Gasteiger partial charge in [-0.05, 0) is 31.4 Å². The number of rotatable bonds is 8. The monoisotopic (exact) mass is 324 g/mol. The summed E-state index contributed by atoms with van der Waals surface area (Å²) < 4.78 is 27.2. The molecule has 0 fully saturated rings. The second-order valence-electron chi connectivity index (χ2n) is 5.04. The summed E-state index contributed by atoms with van der Waals surface area (Å²) in [4.78, 5) is 4.30. The van der Waals surface area contributed by atoms with E-state index in [-0.39, 0.29) is 18.0 Å². The molecule has 0 saturated carbocycles. The van der Waals surface area contributed by atoms with Crippen LogP contribution >= 0.6 is 0 Å². The van der Waals surface area contributed by atoms with Crippen molar-refractivity contribution < 1.29 is 18.6 Å². The number of aromatic nitrogens is 1. The number of para-hydroxylation sites is 1. The molecule has 0 aliphatic rings. The van der Waals surface area contributed by atoms with Crippen LogP contribution in [-0.4, -0.2) is 42.9 Å². The van der Waals surface area contributed by atoms with Crippen LogP contribution in [0.25, 0.3) is 10.9 Å². The molecule has 2 aromatic rings. The lowest BCUT2D eigenvalue weighted by atomic mass is 10.1. The zero-order valence-electron chi connectivity index (χ0n) is 12.1. The average molecular weight is 324 g/mol. The molecule has 1 aromatic heterocycles. The predicted molar refractivity (Wildman–Crippen MR) is 83.9 cm³/mol. The third-order valence-electron chi connectivity index (χ3n) is 3.35. The zero-order chi connectivity index (χ0) is 16.0. The number of benzene rings is 1. The van der Waals surface area contributed by atoms with E-state index in [0.717, 1.165) is 5.39 Å². The number of fused-ring (bicyclic) bond motifs is 1. The van der Waals surface area contributed by atoms with Crippen molar-refractivity contribution in [3.8, 4) is 0 Å². The number of hydrogen-bond donors (Lipinski definition) is 3. The van der Waals surface area contributed by atoms with Crippen LogP contribution in [0.5, 0.6) is 0 Å². The van der Waals surface area contributed by atoms with Gasteiger partial charge in [0.25, 0.3) is 0 Å². The van der Waals surface area contributed by atoms with Crippen LogP contribution in [0.3, 0.4) is 0 Å². The largest absolute Gasteiger partial charge is 0.396 e. The minimum absolute atomic E-state index is 0.0748. The van der Waals surface area contributed by atoms with Gasteiger partial charge in [-0.15, -0.1) is 0 Å². The molecule has 0 saturated heterocycles. The Morgan fingerprint density at radius 3 is 2.73 bits per heavy atom. The maximum absolute atomic E-state index is 12.4. The van der Waals surface area contributed by atoms with Gasteiger partial charge >= 0.3 is 0 Å². The van der Waals surface area contributed by atoms with Gasteiger partial charge in [0.1, 0.15) is 4.90 Å². The first-order valence-electron chi connectivity index (χ1n) is 7.17. The van der Waals surface area contributed by atoms with Crippen molar-refractivity contribution in [1.82, 2.24) is 9.71 Å². The molecule has 3 N–H and O–H groups in total. The Morgan fingerprint density at radius 2 is 1.95 bits per heavy atom. The molecule has 0 aliphatic carbocycles. The van der Waals surface area contributed by atoms with Gasteiger partial charge in [0.15, 0.2) is 0 Å². The fourth-order valence-electron chi connectivity index (χ4n) is 2.21. The molecular formula is C15H20N2O4S. The summed E-state index contributed by atoms with van der Waals surface area (Å²) in [6.45, 7) is 0.155. The summed E-state index contributed by atoms with van der Waals surface area (Å²) in [5.74, 6) is 0. The number of aliphatic hydroxyl groups excluding tert-OH is 2. The number of nitrogens with zero attached hydrogens (tertiary/aromatic N) is 1. The summed E-state index contributed by atoms with van der Waals surface area (Å²) in [5.41, 5.74) is 0.442. The lowest BCUT2D eigenvalue weighted by Gasteiger charge is -2.11. The second kappa shape index (κ2) is 7.64. The Bertz CT molecular complexity index is 713. The Kier molecular flexibility index (Phi) is 5.84. The van der Waals surface area contributed by atoms with E-state index in [1.54, 1.807) is 18.3 Å². The van der Waals surface area contributed by atoms with E-state index < -0.39 is 16.1 Å². The topological polar surface area (TPSA) is 99.5 Å². The normalized spacial score (nSPS) is 13.4. The molecule has 120 valence electrons. The number of pyridine rings is 1. The van der Waals surface area contributed by atoms with Crippen molar-refractivity contribution in [2.24, 2.45) is 0 Å². The Morgan fingerprint density at radius 1 is 1.18 bits per heavy atom. The van der Waals surface area contributed by atoms with E-state index >= 15 is 0 Å². The van der Waals surface area contributed by atoms with E-state index in [9.17, 15) is 13.5 Å². The highest BCUT2D eigenvalue weighted by atomic mass is 32.2. The fraction of sp³-hybridized carbons (Fsp3) is 0.400. The van der Waals surface area contributed by atoms with Crippen LogP contribution in [0.1, 0.15) is 19.3 Å². The summed E-state index contributed by atoms with van der Waals surface area (Å²) in [6.07, 6.45) is 2.20. The van der Waals surface area contributed by atoms with Gasteiger partial charge in [0.2, 0.25) is 10.0 Å². The summed E-state index contributed by atoms with van der Waals surface area (Å²) >= 11 is 0. The van der Waals surface area contributed by atoms with Crippen molar-refractivity contribution in [2.75, 3.05) is 13.2 Å². The third kappa shape index (κ3) is 4.23. The van der Waals surface area contributed by atoms with Gasteiger partial charge in [-0.3, -0.25) is 4.98 Å². The van der Waals surface area contributed by atoms with E-state index in [0.29, 0.717) is 24.8 Å². The van der Waals surface area contributed by atoms with Crippen molar-refractivity contribution >= 4 is 20.9 Å². The minimum atomic E-state index is -3.64. The summed E-state index contributed by atoms with van der Waals surface area (Å²) in [5, 5.41) is 19.0. The van der Waals surface area contributed by atoms with Crippen molar-refractivity contribution in [1.29, 1.82) is 0 Å². The molecule has 1 atom stereocenters. The van der Waals surface area contributed by atoms with Gasteiger partial charge in [-0.1, -0.05) is 18.2 Å². The molecule has 0 amide bonds. The molecule has 0 spiro atoms. The second-order valence-corrected chi connectivity index (χ2v) is 6.77. The molecule has 0 bridgehead atoms. The number of nitrogens with one attached hydrogen (secondary N) is 1. The zero-order valence-corrected chi connectivity index (χ0v) is 13.0. The van der Waals surface area contributed by atoms with E-state index in [1.165, 1.54) is 6.07 Å². The maximum Gasteiger partial charge on any atom is 0.242 e. The van der Waals surface area contributed by atoms with Gasteiger partial charge in [-0.25, -0.2) is 13.1 Å². The lowest BCUT2D eigenvalue weighted by Crippen LogP contribution is -2.26. The highest BCUT2D eigenvalue weighted by molar-refractivity contribution is 7.89. The lowest BCUT2D eigenvalue weighted by molar-refractivity contribution is 0.123. The molecule has 0 aliphatic heterocycles. The van der Waals surface area contributed by atoms with Gasteiger partial charge in [0, 0.05) is 24.7 Å². The number of sulfonamides is 1. The van der Waals surface area contributed by atoms with Gasteiger partial charge in [0.05, 0.1) is 11.6 Å². The highest BCUT2D eigenvalue weighted by Crippen LogP contribution is 2.20. The van der Waals surface area contributed by atoms with Crippen LogP contribution in [0.15, 0.2) is 41.4 Å². The Hall–Kier alpha value is -1.54. The standard InChI is InChI=1S/C15H20N2O4S/c18-11-8-13(19)6-3-10-17-22(20,21)14-7-1-4-12-5-2-9-16-15(12)14/h1-2,4-5,7,9,13,17-19H,3,6,8,10-11H2. The smallest absolute Gasteiger partial charge is 0.242 e. The van der Waals surface area contributed by atoms with Gasteiger partial charge in [-0.2, -0.15) is 0 Å². The van der Waals surface area contributed by atoms with Crippen LogP contribution in [0.2, 0.25) is 0 Å². The number of aliphatic hydroxyl groups is 2. The Labute approximate surface area is 129 Å². The maximum atomic E-state index is 12.4. The van der Waals surface area contributed by atoms with E-state index in [2.05, 4.69) is 9.71 Å². The first kappa shape index (κ1) is 16.8. The first-order valence-corrected chi connectivity index (χ1v) is 8.65. The first-order chi connectivity index (χ1) is 10.5. The van der Waals surface area contributed by atoms with E-state index in [1.807, 2.05) is 12.1 Å². The molecule has 1 unspecified atom stereocenters. The quantitative estimate of drug-likeness (QED) is 0.630. The van der Waals surface area contributed by atoms with Crippen LogP contribution in [0, 0.1) is 0 Å². The van der Waals surface area contributed by atoms with Crippen LogP contribution in [0.4, 0.5) is 0 Å². The van der Waals surface area contributed by atoms with E-state index in [4.69, 9.17) is 5.11 Å². The van der Waals surface area contributed by atoms with Crippen LogP contribution < -0.4 is 4.72 Å². The molecule has 2 rings (SSSR count). The molecular weight excluding hydrogens is 304 g/mol. The van der Waals surface area contributed by atoms with Crippen molar-refractivity contribution in [2.45, 2.75) is 30.3 Å². The van der Waals surface area contributed by atoms with Crippen molar-refractivity contribution in [3.63, 3.8) is 0 Å². The van der Waals surface area contributed by atoms with Crippen molar-refractivity contribution in [3.05, 3.63) is 36.5 Å². The third-order valence-corrected chi connectivity index (χ3v) is 4.85. The summed E-state index contributed by atoms with van der Waals surface area (Å²) in [7, 11) is -3.64. The summed E-state index contributed by atoms with van der Waals surface area (Å²) in [6, 6.07) is 8.59. The number of hydrogen-bond acceptors (Lipinski definition) is 5. The van der Waals surface area contributed by atoms with Gasteiger partial charge < -0.3 is 10.2 Å². The molecule has 1 aromatic carbocycles. The molecule has 7 heteroatoms. The molecule has 22 heavy (non-hydrogen) atoms.